The van der Waals surface area contributed by atoms with Crippen molar-refractivity contribution in [2.75, 3.05) is 33.6 Å². The number of benzene rings is 1. The van der Waals surface area contributed by atoms with Crippen LogP contribution in [0.5, 0.6) is 11.5 Å². The van der Waals surface area contributed by atoms with E-state index < -0.39 is 0 Å². The Hall–Kier alpha value is -0.870. The first-order chi connectivity index (χ1) is 8.12. The van der Waals surface area contributed by atoms with E-state index in [2.05, 4.69) is 24.6 Å². The molecule has 0 aliphatic rings. The SMILES string of the molecule is COc1cc(CN(C)CCS)c(OC)cc1C. The highest BCUT2D eigenvalue weighted by Gasteiger charge is 2.10. The molecule has 1 aromatic rings. The van der Waals surface area contributed by atoms with E-state index in [-0.39, 0.29) is 0 Å². The van der Waals surface area contributed by atoms with Crippen molar-refractivity contribution in [2.45, 2.75) is 13.5 Å². The minimum Gasteiger partial charge on any atom is -0.496 e. The predicted octanol–water partition coefficient (Wildman–Crippen LogP) is 2.37. The second kappa shape index (κ2) is 6.77. The lowest BCUT2D eigenvalue weighted by Crippen LogP contribution is -2.20. The molecule has 4 heteroatoms. The Bertz CT molecular complexity index is 369. The van der Waals surface area contributed by atoms with Gasteiger partial charge in [0.2, 0.25) is 0 Å². The summed E-state index contributed by atoms with van der Waals surface area (Å²) in [5.74, 6) is 2.66. The molecule has 0 fully saturated rings. The zero-order chi connectivity index (χ0) is 12.8. The summed E-state index contributed by atoms with van der Waals surface area (Å²) in [6.07, 6.45) is 0. The minimum absolute atomic E-state index is 0.834. The molecular formula is C13H21NO2S. The van der Waals surface area contributed by atoms with Crippen LogP contribution in [-0.2, 0) is 6.54 Å². The number of hydrogen-bond donors (Lipinski definition) is 1. The van der Waals surface area contributed by atoms with Gasteiger partial charge in [-0.2, -0.15) is 12.6 Å². The van der Waals surface area contributed by atoms with Crippen molar-refractivity contribution in [1.29, 1.82) is 0 Å². The Morgan fingerprint density at radius 1 is 1.18 bits per heavy atom. The van der Waals surface area contributed by atoms with E-state index in [1.807, 2.05) is 19.1 Å². The zero-order valence-corrected chi connectivity index (χ0v) is 11.9. The van der Waals surface area contributed by atoms with Gasteiger partial charge in [0.15, 0.2) is 0 Å². The topological polar surface area (TPSA) is 21.7 Å². The number of rotatable bonds is 6. The maximum Gasteiger partial charge on any atom is 0.123 e. The summed E-state index contributed by atoms with van der Waals surface area (Å²) >= 11 is 4.23. The highest BCUT2D eigenvalue weighted by Crippen LogP contribution is 2.28. The molecule has 0 spiro atoms. The van der Waals surface area contributed by atoms with Gasteiger partial charge in [0.1, 0.15) is 11.5 Å². The predicted molar refractivity (Wildman–Crippen MR) is 74.5 cm³/mol. The molecule has 1 aromatic carbocycles. The van der Waals surface area contributed by atoms with Crippen LogP contribution in [0.3, 0.4) is 0 Å². The van der Waals surface area contributed by atoms with E-state index in [1.165, 1.54) is 0 Å². The molecule has 0 radical (unpaired) electrons. The van der Waals surface area contributed by atoms with Crippen molar-refractivity contribution < 1.29 is 9.47 Å². The molecule has 0 saturated carbocycles. The minimum atomic E-state index is 0.834. The van der Waals surface area contributed by atoms with Crippen LogP contribution in [0.4, 0.5) is 0 Å². The average molecular weight is 255 g/mol. The molecule has 0 atom stereocenters. The second-order valence-electron chi connectivity index (χ2n) is 4.10. The van der Waals surface area contributed by atoms with Gasteiger partial charge in [0.05, 0.1) is 14.2 Å². The highest BCUT2D eigenvalue weighted by atomic mass is 32.1. The van der Waals surface area contributed by atoms with Gasteiger partial charge in [0, 0.05) is 24.4 Å². The summed E-state index contributed by atoms with van der Waals surface area (Å²) in [6, 6.07) is 4.06. The Kier molecular flexibility index (Phi) is 5.65. The maximum atomic E-state index is 5.40. The molecule has 0 aliphatic carbocycles. The number of ether oxygens (including phenoxy) is 2. The highest BCUT2D eigenvalue weighted by molar-refractivity contribution is 7.80. The van der Waals surface area contributed by atoms with Crippen LogP contribution in [0.15, 0.2) is 12.1 Å². The summed E-state index contributed by atoms with van der Waals surface area (Å²) in [6.45, 7) is 3.80. The molecule has 0 heterocycles. The first kappa shape index (κ1) is 14.2. The molecule has 0 saturated heterocycles. The number of methoxy groups -OCH3 is 2. The molecular weight excluding hydrogens is 234 g/mol. The molecule has 1 rings (SSSR count). The van der Waals surface area contributed by atoms with E-state index in [4.69, 9.17) is 9.47 Å². The van der Waals surface area contributed by atoms with Gasteiger partial charge in [-0.1, -0.05) is 0 Å². The molecule has 17 heavy (non-hydrogen) atoms. The Morgan fingerprint density at radius 2 is 1.82 bits per heavy atom. The van der Waals surface area contributed by atoms with Gasteiger partial charge in [-0.3, -0.25) is 0 Å². The molecule has 0 aliphatic heterocycles. The molecule has 0 aromatic heterocycles. The fraction of sp³-hybridized carbons (Fsp3) is 0.538. The summed E-state index contributed by atoms with van der Waals surface area (Å²) in [5.41, 5.74) is 2.23. The molecule has 96 valence electrons. The summed E-state index contributed by atoms with van der Waals surface area (Å²) in [4.78, 5) is 2.21. The van der Waals surface area contributed by atoms with Crippen LogP contribution < -0.4 is 9.47 Å². The second-order valence-corrected chi connectivity index (χ2v) is 4.54. The molecule has 0 N–H and O–H groups in total. The summed E-state index contributed by atoms with van der Waals surface area (Å²) in [7, 11) is 5.46. The first-order valence-electron chi connectivity index (χ1n) is 5.63. The third-order valence-electron chi connectivity index (χ3n) is 2.72. The van der Waals surface area contributed by atoms with E-state index >= 15 is 0 Å². The lowest BCUT2D eigenvalue weighted by Gasteiger charge is -2.19. The third kappa shape index (κ3) is 3.82. The zero-order valence-electron chi connectivity index (χ0n) is 11.0. The molecule has 0 unspecified atom stereocenters. The Balaban J connectivity index is 2.95. The van der Waals surface area contributed by atoms with Crippen molar-refractivity contribution in [1.82, 2.24) is 4.90 Å². The van der Waals surface area contributed by atoms with Crippen LogP contribution in [0.1, 0.15) is 11.1 Å². The third-order valence-corrected chi connectivity index (χ3v) is 2.92. The lowest BCUT2D eigenvalue weighted by molar-refractivity contribution is 0.333. The van der Waals surface area contributed by atoms with E-state index in [0.717, 1.165) is 41.5 Å². The first-order valence-corrected chi connectivity index (χ1v) is 6.26. The number of aryl methyl sites for hydroxylation is 1. The fourth-order valence-corrected chi connectivity index (χ4v) is 2.12. The van der Waals surface area contributed by atoms with E-state index in [1.54, 1.807) is 14.2 Å². The maximum absolute atomic E-state index is 5.40. The number of hydrogen-bond acceptors (Lipinski definition) is 4. The Labute approximate surface area is 109 Å². The van der Waals surface area contributed by atoms with Crippen molar-refractivity contribution in [3.8, 4) is 11.5 Å². The van der Waals surface area contributed by atoms with Gasteiger partial charge < -0.3 is 14.4 Å². The van der Waals surface area contributed by atoms with Crippen molar-refractivity contribution in [3.63, 3.8) is 0 Å². The van der Waals surface area contributed by atoms with Crippen molar-refractivity contribution >= 4 is 12.6 Å². The molecule has 0 bridgehead atoms. The summed E-state index contributed by atoms with van der Waals surface area (Å²) < 4.78 is 10.7. The van der Waals surface area contributed by atoms with Crippen LogP contribution in [-0.4, -0.2) is 38.5 Å². The largest absolute Gasteiger partial charge is 0.496 e. The quantitative estimate of drug-likeness (QED) is 0.789. The summed E-state index contributed by atoms with van der Waals surface area (Å²) in [5, 5.41) is 0. The van der Waals surface area contributed by atoms with Crippen LogP contribution >= 0.6 is 12.6 Å². The van der Waals surface area contributed by atoms with Gasteiger partial charge in [-0.25, -0.2) is 0 Å². The van der Waals surface area contributed by atoms with Crippen LogP contribution in [0, 0.1) is 6.92 Å². The molecule has 0 amide bonds. The Morgan fingerprint density at radius 3 is 2.35 bits per heavy atom. The smallest absolute Gasteiger partial charge is 0.123 e. The van der Waals surface area contributed by atoms with Crippen molar-refractivity contribution in [2.24, 2.45) is 0 Å². The molecule has 3 nitrogen and oxygen atoms in total. The monoisotopic (exact) mass is 255 g/mol. The van der Waals surface area contributed by atoms with E-state index in [9.17, 15) is 0 Å². The standard InChI is InChI=1S/C13H21NO2S/c1-10-7-13(16-4)11(8-12(10)15-3)9-14(2)5-6-17/h7-8,17H,5-6,9H2,1-4H3. The van der Waals surface area contributed by atoms with E-state index in [0.29, 0.717) is 0 Å². The van der Waals surface area contributed by atoms with Gasteiger partial charge in [-0.15, -0.1) is 0 Å². The fourth-order valence-electron chi connectivity index (χ4n) is 1.78. The van der Waals surface area contributed by atoms with Gasteiger partial charge in [-0.05, 0) is 31.7 Å². The van der Waals surface area contributed by atoms with Crippen molar-refractivity contribution in [3.05, 3.63) is 23.3 Å². The average Bonchev–Trinajstić information content (AvgIpc) is 2.31. The van der Waals surface area contributed by atoms with Crippen LogP contribution in [0.2, 0.25) is 0 Å². The van der Waals surface area contributed by atoms with Crippen LogP contribution in [0.25, 0.3) is 0 Å². The van der Waals surface area contributed by atoms with Gasteiger partial charge >= 0.3 is 0 Å². The lowest BCUT2D eigenvalue weighted by atomic mass is 10.1. The van der Waals surface area contributed by atoms with Gasteiger partial charge in [0.25, 0.3) is 0 Å². The normalized spacial score (nSPS) is 10.7. The number of nitrogens with zero attached hydrogens (tertiary/aromatic N) is 1. The number of thiol groups is 1.